The summed E-state index contributed by atoms with van der Waals surface area (Å²) >= 11 is 5.85. The van der Waals surface area contributed by atoms with E-state index in [9.17, 15) is 18.0 Å². The van der Waals surface area contributed by atoms with Gasteiger partial charge < -0.3 is 5.32 Å². The van der Waals surface area contributed by atoms with Crippen LogP contribution in [0.15, 0.2) is 21.6 Å². The highest BCUT2D eigenvalue weighted by Crippen LogP contribution is 2.30. The molecule has 0 atom stereocenters. The summed E-state index contributed by atoms with van der Waals surface area (Å²) in [5.41, 5.74) is 0.675. The summed E-state index contributed by atoms with van der Waals surface area (Å²) in [5, 5.41) is 2.26. The minimum Gasteiger partial charge on any atom is -0.359 e. The molecule has 1 N–H and O–H groups in total. The highest BCUT2D eigenvalue weighted by molar-refractivity contribution is 7.93. The second-order valence-electron chi connectivity index (χ2n) is 4.89. The molecule has 0 fully saturated rings. The predicted molar refractivity (Wildman–Crippen MR) is 81.1 cm³/mol. The Balaban J connectivity index is 2.95. The number of hydrogen-bond acceptors (Lipinski definition) is 4. The third-order valence-electron chi connectivity index (χ3n) is 3.12. The number of halogens is 1. The van der Waals surface area contributed by atoms with Gasteiger partial charge in [-0.1, -0.05) is 17.2 Å². The van der Waals surface area contributed by atoms with Crippen LogP contribution in [-0.2, 0) is 19.6 Å². The number of amides is 1. The molecule has 118 valence electrons. The highest BCUT2D eigenvalue weighted by Gasteiger charge is 2.29. The van der Waals surface area contributed by atoms with Crippen molar-refractivity contribution in [1.82, 2.24) is 9.62 Å². The number of nitrogens with zero attached hydrogens (tertiary/aromatic N) is 1. The van der Waals surface area contributed by atoms with Crippen LogP contribution in [0.1, 0.15) is 25.7 Å². The molecular weight excluding hydrogens is 316 g/mol. The van der Waals surface area contributed by atoms with E-state index in [2.05, 4.69) is 5.32 Å². The van der Waals surface area contributed by atoms with E-state index >= 15 is 0 Å². The zero-order valence-electron chi connectivity index (χ0n) is 12.3. The van der Waals surface area contributed by atoms with Gasteiger partial charge in [0.1, 0.15) is 9.94 Å². The number of nitrogens with one attached hydrogen (secondary N) is 1. The second kappa shape index (κ2) is 7.20. The fraction of sp³-hybridized carbons (Fsp3) is 0.538. The summed E-state index contributed by atoms with van der Waals surface area (Å²) in [6.07, 6.45) is 2.90. The molecule has 0 aromatic carbocycles. The van der Waals surface area contributed by atoms with E-state index in [-0.39, 0.29) is 22.3 Å². The predicted octanol–water partition coefficient (Wildman–Crippen LogP) is 1.14. The summed E-state index contributed by atoms with van der Waals surface area (Å²) in [6.45, 7) is 0. The van der Waals surface area contributed by atoms with E-state index in [4.69, 9.17) is 11.6 Å². The van der Waals surface area contributed by atoms with E-state index in [1.807, 2.05) is 0 Å². The Labute approximate surface area is 129 Å². The summed E-state index contributed by atoms with van der Waals surface area (Å²) in [4.78, 5) is 22.8. The first-order valence-electron chi connectivity index (χ1n) is 6.45. The Morgan fingerprint density at radius 2 is 2.05 bits per heavy atom. The molecule has 0 unspecified atom stereocenters. The maximum Gasteiger partial charge on any atom is 0.244 e. The number of Topliss-reactive ketones (excluding diaryl/α,β-unsaturated/α-hetero) is 1. The SMILES string of the molecule is CNC(=O)CCCC1=CC(S(=O)(=O)N(C)C)=C(Cl)C(=O)C1. The van der Waals surface area contributed by atoms with Crippen LogP contribution in [0, 0.1) is 0 Å². The van der Waals surface area contributed by atoms with Crippen molar-refractivity contribution in [3.8, 4) is 0 Å². The molecular formula is C13H19ClN2O4S. The molecule has 1 aliphatic carbocycles. The second-order valence-corrected chi connectivity index (χ2v) is 7.39. The molecule has 0 heterocycles. The van der Waals surface area contributed by atoms with Gasteiger partial charge in [0.2, 0.25) is 15.9 Å². The van der Waals surface area contributed by atoms with Crippen molar-refractivity contribution >= 4 is 33.3 Å². The molecule has 0 aliphatic heterocycles. The summed E-state index contributed by atoms with van der Waals surface area (Å²) in [5.74, 6) is -0.498. The highest BCUT2D eigenvalue weighted by atomic mass is 35.5. The van der Waals surface area contributed by atoms with Gasteiger partial charge in [-0.05, 0) is 18.9 Å². The molecule has 0 aromatic heterocycles. The third-order valence-corrected chi connectivity index (χ3v) is 5.49. The van der Waals surface area contributed by atoms with Crippen LogP contribution in [0.2, 0.25) is 0 Å². The maximum absolute atomic E-state index is 12.1. The molecule has 21 heavy (non-hydrogen) atoms. The minimum atomic E-state index is -3.76. The molecule has 0 radical (unpaired) electrons. The molecule has 0 aromatic rings. The zero-order valence-corrected chi connectivity index (χ0v) is 13.8. The maximum atomic E-state index is 12.1. The molecule has 0 spiro atoms. The van der Waals surface area contributed by atoms with Gasteiger partial charge in [0.25, 0.3) is 0 Å². The lowest BCUT2D eigenvalue weighted by Gasteiger charge is -2.19. The first-order chi connectivity index (χ1) is 9.70. The Bertz CT molecular complexity index is 606. The van der Waals surface area contributed by atoms with E-state index < -0.39 is 15.8 Å². The van der Waals surface area contributed by atoms with Crippen molar-refractivity contribution in [3.05, 3.63) is 21.6 Å². The van der Waals surface area contributed by atoms with Crippen molar-refractivity contribution in [3.63, 3.8) is 0 Å². The van der Waals surface area contributed by atoms with Crippen LogP contribution < -0.4 is 5.32 Å². The molecule has 0 saturated heterocycles. The number of sulfonamides is 1. The van der Waals surface area contributed by atoms with E-state index in [1.54, 1.807) is 7.05 Å². The van der Waals surface area contributed by atoms with Crippen LogP contribution in [0.3, 0.4) is 0 Å². The number of allylic oxidation sites excluding steroid dienone is 3. The van der Waals surface area contributed by atoms with Crippen molar-refractivity contribution in [1.29, 1.82) is 0 Å². The molecule has 1 rings (SSSR count). The first kappa shape index (κ1) is 17.9. The van der Waals surface area contributed by atoms with Crippen molar-refractivity contribution < 1.29 is 18.0 Å². The van der Waals surface area contributed by atoms with Crippen LogP contribution in [0.25, 0.3) is 0 Å². The quantitative estimate of drug-likeness (QED) is 0.789. The van der Waals surface area contributed by atoms with Crippen LogP contribution >= 0.6 is 11.6 Å². The number of rotatable bonds is 6. The molecule has 0 saturated carbocycles. The third kappa shape index (κ3) is 4.39. The van der Waals surface area contributed by atoms with Gasteiger partial charge in [0.05, 0.1) is 0 Å². The Hall–Kier alpha value is -1.18. The van der Waals surface area contributed by atoms with E-state index in [0.29, 0.717) is 24.8 Å². The lowest BCUT2D eigenvalue weighted by Crippen LogP contribution is -2.26. The fourth-order valence-electron chi connectivity index (χ4n) is 1.87. The van der Waals surface area contributed by atoms with Crippen LogP contribution in [-0.4, -0.2) is 45.6 Å². The molecule has 6 nitrogen and oxygen atoms in total. The standard InChI is InChI=1S/C13H19ClN2O4S/c1-15-12(18)6-4-5-9-7-10(17)13(14)11(8-9)21(19,20)16(2)3/h8H,4-7H2,1-3H3,(H,15,18). The topological polar surface area (TPSA) is 83.6 Å². The largest absolute Gasteiger partial charge is 0.359 e. The van der Waals surface area contributed by atoms with E-state index in [1.165, 1.54) is 20.2 Å². The average molecular weight is 335 g/mol. The summed E-state index contributed by atoms with van der Waals surface area (Å²) < 4.78 is 25.3. The Kier molecular flexibility index (Phi) is 6.12. The first-order valence-corrected chi connectivity index (χ1v) is 8.27. The Morgan fingerprint density at radius 3 is 2.57 bits per heavy atom. The lowest BCUT2D eigenvalue weighted by atomic mass is 9.98. The Morgan fingerprint density at radius 1 is 1.43 bits per heavy atom. The molecule has 1 amide bonds. The van der Waals surface area contributed by atoms with Crippen molar-refractivity contribution in [2.24, 2.45) is 0 Å². The average Bonchev–Trinajstić information content (AvgIpc) is 2.41. The van der Waals surface area contributed by atoms with Crippen LogP contribution in [0.4, 0.5) is 0 Å². The van der Waals surface area contributed by atoms with E-state index in [0.717, 1.165) is 4.31 Å². The van der Waals surface area contributed by atoms with Gasteiger partial charge in [-0.3, -0.25) is 9.59 Å². The molecule has 8 heteroatoms. The van der Waals surface area contributed by atoms with Gasteiger partial charge in [0, 0.05) is 34.0 Å². The van der Waals surface area contributed by atoms with Gasteiger partial charge >= 0.3 is 0 Å². The minimum absolute atomic E-state index is 0.0903. The van der Waals surface area contributed by atoms with Gasteiger partial charge in [-0.25, -0.2) is 12.7 Å². The molecule has 0 bridgehead atoms. The zero-order chi connectivity index (χ0) is 16.2. The number of carbonyl (C=O) groups is 2. The van der Waals surface area contributed by atoms with Crippen LogP contribution in [0.5, 0.6) is 0 Å². The van der Waals surface area contributed by atoms with Gasteiger partial charge in [0.15, 0.2) is 5.78 Å². The number of hydrogen-bond donors (Lipinski definition) is 1. The summed E-state index contributed by atoms with van der Waals surface area (Å²) in [7, 11) is 0.554. The van der Waals surface area contributed by atoms with Gasteiger partial charge in [-0.2, -0.15) is 0 Å². The lowest BCUT2D eigenvalue weighted by molar-refractivity contribution is -0.120. The van der Waals surface area contributed by atoms with Crippen molar-refractivity contribution in [2.45, 2.75) is 25.7 Å². The summed E-state index contributed by atoms with van der Waals surface area (Å²) in [6, 6.07) is 0. The molecule has 1 aliphatic rings. The van der Waals surface area contributed by atoms with Crippen molar-refractivity contribution in [2.75, 3.05) is 21.1 Å². The fourth-order valence-corrected chi connectivity index (χ4v) is 3.33. The van der Waals surface area contributed by atoms with Gasteiger partial charge in [-0.15, -0.1) is 0 Å². The number of carbonyl (C=O) groups excluding carboxylic acids is 2. The normalized spacial score (nSPS) is 16.2. The monoisotopic (exact) mass is 334 g/mol. The smallest absolute Gasteiger partial charge is 0.244 e. The number of ketones is 1.